The fourth-order valence-corrected chi connectivity index (χ4v) is 9.36. The molecule has 0 saturated heterocycles. The van der Waals surface area contributed by atoms with Gasteiger partial charge < -0.3 is 47.1 Å². The summed E-state index contributed by atoms with van der Waals surface area (Å²) in [6, 6.07) is 53.9. The zero-order chi connectivity index (χ0) is 45.1. The van der Waals surface area contributed by atoms with Crippen LogP contribution in [0.4, 0.5) is 34.1 Å². The van der Waals surface area contributed by atoms with Crippen LogP contribution in [0.5, 0.6) is 34.5 Å². The highest BCUT2D eigenvalue weighted by Crippen LogP contribution is 2.49. The van der Waals surface area contributed by atoms with Crippen LogP contribution < -0.4 is 38.2 Å². The Kier molecular flexibility index (Phi) is 9.92. The van der Waals surface area contributed by atoms with Crippen LogP contribution in [-0.4, -0.2) is 42.7 Å². The summed E-state index contributed by atoms with van der Waals surface area (Å²) >= 11 is 0. The predicted molar refractivity (Wildman–Crippen MR) is 265 cm³/mol. The van der Waals surface area contributed by atoms with E-state index in [1.54, 1.807) is 42.7 Å². The van der Waals surface area contributed by atoms with Gasteiger partial charge in [-0.2, -0.15) is 0 Å². The summed E-state index contributed by atoms with van der Waals surface area (Å²) in [4.78, 5) is 4.35. The average molecular weight is 873 g/mol. The first kappa shape index (κ1) is 40.3. The normalized spacial score (nSPS) is 11.5. The van der Waals surface area contributed by atoms with Gasteiger partial charge in [-0.15, -0.1) is 0 Å². The van der Waals surface area contributed by atoms with Gasteiger partial charge in [0.05, 0.1) is 59.4 Å². The van der Waals surface area contributed by atoms with E-state index >= 15 is 0 Å². The molecule has 10 heteroatoms. The first-order valence-corrected chi connectivity index (χ1v) is 21.4. The zero-order valence-electron chi connectivity index (χ0n) is 37.2. The van der Waals surface area contributed by atoms with Crippen molar-refractivity contribution in [2.75, 3.05) is 52.5 Å². The molecule has 2 heterocycles. The summed E-state index contributed by atoms with van der Waals surface area (Å²) in [5, 5.41) is 8.01. The van der Waals surface area contributed by atoms with Gasteiger partial charge in [-0.1, -0.05) is 48.5 Å². The third kappa shape index (κ3) is 6.40. The van der Waals surface area contributed by atoms with E-state index in [0.717, 1.165) is 99.5 Å². The van der Waals surface area contributed by atoms with Crippen LogP contribution in [0.2, 0.25) is 0 Å². The van der Waals surface area contributed by atoms with Crippen LogP contribution in [0.3, 0.4) is 0 Å². The number of rotatable bonds is 12. The first-order chi connectivity index (χ1) is 32.4. The quantitative estimate of drug-likeness (QED) is 0.118. The lowest BCUT2D eigenvalue weighted by Gasteiger charge is -2.27. The van der Waals surface area contributed by atoms with Crippen LogP contribution in [0, 0.1) is 0 Å². The number of furan rings is 2. The monoisotopic (exact) mass is 872 g/mol. The Hall–Kier alpha value is -8.50. The molecule has 0 amide bonds. The average Bonchev–Trinajstić information content (AvgIpc) is 3.95. The Bertz CT molecular complexity index is 3590. The van der Waals surface area contributed by atoms with E-state index in [0.29, 0.717) is 34.5 Å². The van der Waals surface area contributed by atoms with Crippen molar-refractivity contribution < 1.29 is 37.3 Å². The van der Waals surface area contributed by atoms with Gasteiger partial charge in [0, 0.05) is 73.9 Å². The van der Waals surface area contributed by atoms with Gasteiger partial charge in [0.25, 0.3) is 0 Å². The number of ether oxygens (including phenoxy) is 6. The van der Waals surface area contributed by atoms with Crippen LogP contribution in [0.15, 0.2) is 167 Å². The number of anilines is 6. The Morgan fingerprint density at radius 2 is 0.727 bits per heavy atom. The van der Waals surface area contributed by atoms with Crippen LogP contribution >= 0.6 is 0 Å². The molecule has 10 nitrogen and oxygen atoms in total. The van der Waals surface area contributed by atoms with Gasteiger partial charge in [0.2, 0.25) is 11.5 Å². The van der Waals surface area contributed by atoms with E-state index < -0.39 is 0 Å². The summed E-state index contributed by atoms with van der Waals surface area (Å²) in [5.74, 6) is 3.32. The van der Waals surface area contributed by atoms with Crippen molar-refractivity contribution in [3.8, 4) is 34.5 Å². The van der Waals surface area contributed by atoms with Crippen molar-refractivity contribution in [1.82, 2.24) is 0 Å². The Morgan fingerprint density at radius 3 is 1.18 bits per heavy atom. The van der Waals surface area contributed by atoms with Gasteiger partial charge >= 0.3 is 0 Å². The van der Waals surface area contributed by atoms with Gasteiger partial charge in [-0.3, -0.25) is 0 Å². The summed E-state index contributed by atoms with van der Waals surface area (Å²) in [6.45, 7) is 0. The molecule has 0 aliphatic carbocycles. The van der Waals surface area contributed by atoms with E-state index in [4.69, 9.17) is 37.3 Å². The second-order valence-corrected chi connectivity index (χ2v) is 15.8. The van der Waals surface area contributed by atoms with Gasteiger partial charge in [-0.25, -0.2) is 0 Å². The lowest BCUT2D eigenvalue weighted by Crippen LogP contribution is -2.10. The SMILES string of the molecule is COc1cc(N(c2ccccc2)c2ccc3c(ccc4c5ccc6oc7c8ccc(N(c9ccccc9)c9cc(OC)c(OC)c(OC)c9)cc8ccc7c6c5oc34)c2)cc(OC)c1OC. The summed E-state index contributed by atoms with van der Waals surface area (Å²) < 4.78 is 48.0. The summed E-state index contributed by atoms with van der Waals surface area (Å²) in [6.07, 6.45) is 0. The first-order valence-electron chi connectivity index (χ1n) is 21.4. The highest BCUT2D eigenvalue weighted by molar-refractivity contribution is 6.27. The zero-order valence-corrected chi connectivity index (χ0v) is 37.2. The molecule has 0 unspecified atom stereocenters. The highest BCUT2D eigenvalue weighted by atomic mass is 16.5. The number of hydrogen-bond donors (Lipinski definition) is 0. The molecular formula is C56H44N2O8. The molecule has 0 spiro atoms. The number of fused-ring (bicyclic) bond motifs is 11. The number of para-hydroxylation sites is 2. The van der Waals surface area contributed by atoms with Crippen LogP contribution in [0.1, 0.15) is 0 Å². The van der Waals surface area contributed by atoms with Crippen molar-refractivity contribution in [3.63, 3.8) is 0 Å². The molecule has 0 fully saturated rings. The molecule has 11 rings (SSSR count). The summed E-state index contributed by atoms with van der Waals surface area (Å²) in [5.41, 5.74) is 8.70. The van der Waals surface area contributed by atoms with Crippen molar-refractivity contribution in [2.45, 2.75) is 0 Å². The van der Waals surface area contributed by atoms with Crippen molar-refractivity contribution in [3.05, 3.63) is 158 Å². The predicted octanol–water partition coefficient (Wildman–Crippen LogP) is 14.8. The Balaban J connectivity index is 1.03. The van der Waals surface area contributed by atoms with E-state index in [-0.39, 0.29) is 0 Å². The van der Waals surface area contributed by atoms with Gasteiger partial charge in [0.1, 0.15) is 22.3 Å². The highest BCUT2D eigenvalue weighted by Gasteiger charge is 2.24. The van der Waals surface area contributed by atoms with E-state index in [1.165, 1.54) is 0 Å². The fraction of sp³-hybridized carbons (Fsp3) is 0.107. The molecule has 0 saturated carbocycles. The molecule has 0 radical (unpaired) electrons. The standard InChI is InChI=1S/C56H44N2O8/c1-59-47-29-39(30-48(60-2)55(47)63-5)57(35-13-9-7-10-14-35)37-19-23-41-33(27-37)17-21-43-44-25-26-46-51(54(44)66-52(41)43)45-22-18-34-28-38(20-24-42(34)53(45)65-46)58(36-15-11-8-12-16-36)40-31-49(61-3)56(64-6)50(32-40)62-4/h7-32H,1-6H3. The van der Waals surface area contributed by atoms with E-state index in [2.05, 4.69) is 107 Å². The van der Waals surface area contributed by atoms with Crippen molar-refractivity contribution >= 4 is 99.5 Å². The number of nitrogens with zero attached hydrogens (tertiary/aromatic N) is 2. The minimum Gasteiger partial charge on any atom is -0.493 e. The molecule has 0 aliphatic heterocycles. The second-order valence-electron chi connectivity index (χ2n) is 15.8. The maximum absolute atomic E-state index is 6.96. The van der Waals surface area contributed by atoms with E-state index in [9.17, 15) is 0 Å². The Labute approximate surface area is 380 Å². The molecule has 2 aromatic heterocycles. The fourth-order valence-electron chi connectivity index (χ4n) is 9.36. The minimum absolute atomic E-state index is 0.530. The second kappa shape index (κ2) is 16.2. The van der Waals surface area contributed by atoms with Crippen molar-refractivity contribution in [1.29, 1.82) is 0 Å². The molecule has 0 N–H and O–H groups in total. The molecule has 66 heavy (non-hydrogen) atoms. The third-order valence-corrected chi connectivity index (χ3v) is 12.4. The maximum Gasteiger partial charge on any atom is 0.203 e. The molecule has 11 aromatic rings. The molecular weight excluding hydrogens is 829 g/mol. The van der Waals surface area contributed by atoms with Crippen LogP contribution in [-0.2, 0) is 0 Å². The maximum atomic E-state index is 6.96. The van der Waals surface area contributed by atoms with E-state index in [1.807, 2.05) is 60.7 Å². The topological polar surface area (TPSA) is 88.1 Å². The largest absolute Gasteiger partial charge is 0.493 e. The molecule has 9 aromatic carbocycles. The van der Waals surface area contributed by atoms with Crippen LogP contribution in [0.25, 0.3) is 65.4 Å². The molecule has 326 valence electrons. The molecule has 0 bridgehead atoms. The Morgan fingerprint density at radius 1 is 0.318 bits per heavy atom. The van der Waals surface area contributed by atoms with Gasteiger partial charge in [0.15, 0.2) is 23.0 Å². The number of methoxy groups -OCH3 is 6. The molecule has 0 atom stereocenters. The lowest BCUT2D eigenvalue weighted by atomic mass is 10.0. The number of benzene rings is 9. The minimum atomic E-state index is 0.530. The summed E-state index contributed by atoms with van der Waals surface area (Å²) in [7, 11) is 9.72. The van der Waals surface area contributed by atoms with Crippen molar-refractivity contribution in [2.24, 2.45) is 0 Å². The number of hydrogen-bond acceptors (Lipinski definition) is 10. The molecule has 0 aliphatic rings. The van der Waals surface area contributed by atoms with Gasteiger partial charge in [-0.05, 0) is 95.7 Å². The smallest absolute Gasteiger partial charge is 0.203 e. The lowest BCUT2D eigenvalue weighted by molar-refractivity contribution is 0.324. The third-order valence-electron chi connectivity index (χ3n) is 12.4.